The third-order valence-electron chi connectivity index (χ3n) is 3.48. The lowest BCUT2D eigenvalue weighted by molar-refractivity contribution is -0.137. The predicted octanol–water partition coefficient (Wildman–Crippen LogP) is 0.594. The van der Waals surface area contributed by atoms with Gasteiger partial charge in [-0.05, 0) is 19.3 Å². The monoisotopic (exact) mass is 256 g/mol. The van der Waals surface area contributed by atoms with Crippen LogP contribution in [0.1, 0.15) is 27.2 Å². The maximum atomic E-state index is 12.3. The lowest BCUT2D eigenvalue weighted by Crippen LogP contribution is -2.44. The van der Waals surface area contributed by atoms with E-state index in [-0.39, 0.29) is 24.2 Å². The van der Waals surface area contributed by atoms with E-state index in [1.165, 1.54) is 0 Å². The van der Waals surface area contributed by atoms with E-state index >= 15 is 0 Å². The fraction of sp³-hybridized carbons (Fsp3) is 0.923. The molecule has 2 aliphatic rings. The second-order valence-electron chi connectivity index (χ2n) is 5.58. The smallest absolute Gasteiger partial charge is 0.241 e. The second-order valence-corrected chi connectivity index (χ2v) is 5.58. The van der Waals surface area contributed by atoms with Crippen LogP contribution in [-0.4, -0.2) is 55.5 Å². The molecule has 2 heterocycles. The fourth-order valence-corrected chi connectivity index (χ4v) is 2.59. The van der Waals surface area contributed by atoms with Crippen molar-refractivity contribution in [3.05, 3.63) is 0 Å². The highest BCUT2D eigenvalue weighted by atomic mass is 16.6. The molecule has 2 saturated heterocycles. The number of carbonyl (C=O) groups is 1. The molecule has 0 bridgehead atoms. The Kier molecular flexibility index (Phi) is 4.59. The van der Waals surface area contributed by atoms with Crippen LogP contribution >= 0.6 is 0 Å². The van der Waals surface area contributed by atoms with Gasteiger partial charge in [-0.2, -0.15) is 0 Å². The summed E-state index contributed by atoms with van der Waals surface area (Å²) < 4.78 is 11.0. The summed E-state index contributed by atoms with van der Waals surface area (Å²) in [6.07, 6.45) is 0.998. The molecule has 0 aromatic carbocycles. The molecule has 104 valence electrons. The molecule has 5 nitrogen and oxygen atoms in total. The van der Waals surface area contributed by atoms with Crippen molar-refractivity contribution in [2.45, 2.75) is 45.5 Å². The van der Waals surface area contributed by atoms with Crippen molar-refractivity contribution in [2.75, 3.05) is 26.4 Å². The molecular formula is C13H24N2O3. The number of nitrogens with zero attached hydrogens (tertiary/aromatic N) is 1. The molecule has 3 unspecified atom stereocenters. The quantitative estimate of drug-likeness (QED) is 0.800. The van der Waals surface area contributed by atoms with Crippen molar-refractivity contribution in [3.8, 4) is 0 Å². The first-order valence-electron chi connectivity index (χ1n) is 6.83. The summed E-state index contributed by atoms with van der Waals surface area (Å²) in [5.74, 6) is 0.721. The van der Waals surface area contributed by atoms with Crippen LogP contribution in [0.3, 0.4) is 0 Å². The molecule has 2 rings (SSSR count). The summed E-state index contributed by atoms with van der Waals surface area (Å²) in [5.41, 5.74) is 0. The molecule has 2 aliphatic heterocycles. The van der Waals surface area contributed by atoms with Gasteiger partial charge in [0.25, 0.3) is 0 Å². The lowest BCUT2D eigenvalue weighted by atomic mass is 10.0. The predicted molar refractivity (Wildman–Crippen MR) is 68.1 cm³/mol. The van der Waals surface area contributed by atoms with E-state index in [0.29, 0.717) is 32.3 Å². The van der Waals surface area contributed by atoms with Crippen LogP contribution in [0.2, 0.25) is 0 Å². The molecule has 18 heavy (non-hydrogen) atoms. The number of amides is 1. The molecule has 2 fully saturated rings. The van der Waals surface area contributed by atoms with Crippen LogP contribution in [-0.2, 0) is 14.3 Å². The van der Waals surface area contributed by atoms with E-state index in [0.717, 1.165) is 6.42 Å². The van der Waals surface area contributed by atoms with Crippen molar-refractivity contribution >= 4 is 5.91 Å². The van der Waals surface area contributed by atoms with Crippen molar-refractivity contribution < 1.29 is 14.3 Å². The van der Waals surface area contributed by atoms with E-state index < -0.39 is 0 Å². The number of rotatable bonds is 4. The maximum absolute atomic E-state index is 12.3. The molecule has 0 aromatic heterocycles. The minimum absolute atomic E-state index is 0.0183. The van der Waals surface area contributed by atoms with Gasteiger partial charge in [0.15, 0.2) is 0 Å². The molecular weight excluding hydrogens is 232 g/mol. The van der Waals surface area contributed by atoms with Gasteiger partial charge in [0.2, 0.25) is 5.91 Å². The molecule has 0 spiro atoms. The summed E-state index contributed by atoms with van der Waals surface area (Å²) in [7, 11) is 0. The highest BCUT2D eigenvalue weighted by Crippen LogP contribution is 2.18. The fourth-order valence-electron chi connectivity index (χ4n) is 2.59. The van der Waals surface area contributed by atoms with Gasteiger partial charge < -0.3 is 14.4 Å². The second kappa shape index (κ2) is 5.99. The topological polar surface area (TPSA) is 50.8 Å². The Labute approximate surface area is 109 Å². The van der Waals surface area contributed by atoms with E-state index in [2.05, 4.69) is 19.2 Å². The minimum atomic E-state index is -0.0375. The first kappa shape index (κ1) is 13.8. The first-order valence-corrected chi connectivity index (χ1v) is 6.83. The van der Waals surface area contributed by atoms with Crippen molar-refractivity contribution in [1.29, 1.82) is 0 Å². The molecule has 5 heteroatoms. The van der Waals surface area contributed by atoms with Gasteiger partial charge in [0, 0.05) is 0 Å². The number of carbonyl (C=O) groups excluding carboxylic acids is 1. The van der Waals surface area contributed by atoms with Crippen LogP contribution in [0.5, 0.6) is 0 Å². The summed E-state index contributed by atoms with van der Waals surface area (Å²) in [5, 5.41) is 3.35. The normalized spacial score (nSPS) is 33.4. The Morgan fingerprint density at radius 2 is 2.22 bits per heavy atom. The number of hydrogen-bond donors (Lipinski definition) is 1. The van der Waals surface area contributed by atoms with Gasteiger partial charge in [0.1, 0.15) is 0 Å². The largest absolute Gasteiger partial charge is 0.376 e. The number of ether oxygens (including phenoxy) is 2. The summed E-state index contributed by atoms with van der Waals surface area (Å²) in [4.78, 5) is 14.2. The van der Waals surface area contributed by atoms with Gasteiger partial charge in [-0.15, -0.1) is 0 Å². The number of hydrogen-bond acceptors (Lipinski definition) is 4. The third-order valence-corrected chi connectivity index (χ3v) is 3.48. The van der Waals surface area contributed by atoms with Crippen LogP contribution in [0.25, 0.3) is 0 Å². The highest BCUT2D eigenvalue weighted by Gasteiger charge is 2.37. The molecule has 0 radical (unpaired) electrons. The van der Waals surface area contributed by atoms with Gasteiger partial charge in [0.05, 0.1) is 44.7 Å². The Hall–Kier alpha value is -0.650. The third kappa shape index (κ3) is 3.22. The Balaban J connectivity index is 1.89. The van der Waals surface area contributed by atoms with Gasteiger partial charge in [-0.1, -0.05) is 13.8 Å². The van der Waals surface area contributed by atoms with Crippen molar-refractivity contribution in [2.24, 2.45) is 5.92 Å². The van der Waals surface area contributed by atoms with Crippen LogP contribution in [0, 0.1) is 5.92 Å². The average Bonchev–Trinajstić information content (AvgIpc) is 2.58. The zero-order chi connectivity index (χ0) is 13.1. The average molecular weight is 256 g/mol. The first-order chi connectivity index (χ1) is 8.58. The van der Waals surface area contributed by atoms with E-state index in [9.17, 15) is 4.79 Å². The van der Waals surface area contributed by atoms with Crippen LogP contribution in [0.15, 0.2) is 0 Å². The zero-order valence-electron chi connectivity index (χ0n) is 11.5. The maximum Gasteiger partial charge on any atom is 0.241 e. The van der Waals surface area contributed by atoms with Crippen LogP contribution < -0.4 is 5.32 Å². The Morgan fingerprint density at radius 1 is 1.44 bits per heavy atom. The van der Waals surface area contributed by atoms with Crippen LogP contribution in [0.4, 0.5) is 0 Å². The van der Waals surface area contributed by atoms with E-state index in [1.54, 1.807) is 0 Å². The summed E-state index contributed by atoms with van der Waals surface area (Å²) >= 11 is 0. The molecule has 3 atom stereocenters. The Morgan fingerprint density at radius 3 is 2.83 bits per heavy atom. The standard InChI is InChI=1S/C13H24N2O3/c1-9(2)6-12-13(16)15(10(3)14-12)7-11-8-17-4-5-18-11/h9-12,14H,4-8H2,1-3H3. The molecule has 1 N–H and O–H groups in total. The van der Waals surface area contributed by atoms with E-state index in [1.807, 2.05) is 11.8 Å². The Bertz CT molecular complexity index is 290. The van der Waals surface area contributed by atoms with E-state index in [4.69, 9.17) is 9.47 Å². The van der Waals surface area contributed by atoms with Gasteiger partial charge >= 0.3 is 0 Å². The van der Waals surface area contributed by atoms with Crippen molar-refractivity contribution in [1.82, 2.24) is 10.2 Å². The van der Waals surface area contributed by atoms with Gasteiger partial charge in [-0.25, -0.2) is 0 Å². The number of nitrogens with one attached hydrogen (secondary N) is 1. The van der Waals surface area contributed by atoms with Crippen molar-refractivity contribution in [3.63, 3.8) is 0 Å². The van der Waals surface area contributed by atoms with Gasteiger partial charge in [-0.3, -0.25) is 10.1 Å². The summed E-state index contributed by atoms with van der Waals surface area (Å²) in [6, 6.07) is -0.0375. The molecule has 1 amide bonds. The summed E-state index contributed by atoms with van der Waals surface area (Å²) in [6.45, 7) is 8.81. The lowest BCUT2D eigenvalue weighted by Gasteiger charge is -2.29. The minimum Gasteiger partial charge on any atom is -0.376 e. The molecule has 0 aromatic rings. The highest BCUT2D eigenvalue weighted by molar-refractivity contribution is 5.84. The zero-order valence-corrected chi connectivity index (χ0v) is 11.5. The molecule has 0 aliphatic carbocycles. The molecule has 0 saturated carbocycles. The SMILES string of the molecule is CC(C)CC1NC(C)N(CC2COCCO2)C1=O.